The highest BCUT2D eigenvalue weighted by Crippen LogP contribution is 2.28. The number of likely N-dealkylation sites (tertiary alicyclic amines) is 1. The lowest BCUT2D eigenvalue weighted by Gasteiger charge is -2.27. The fraction of sp³-hybridized carbons (Fsp3) is 0.273. The van der Waals surface area contributed by atoms with Crippen molar-refractivity contribution in [1.29, 1.82) is 5.26 Å². The van der Waals surface area contributed by atoms with Crippen LogP contribution in [0.15, 0.2) is 55.0 Å². The van der Waals surface area contributed by atoms with Crippen molar-refractivity contribution in [2.45, 2.75) is 32.4 Å². The van der Waals surface area contributed by atoms with Gasteiger partial charge >= 0.3 is 0 Å². The molecule has 2 atom stereocenters. The Balaban J connectivity index is 1.62. The predicted octanol–water partition coefficient (Wildman–Crippen LogP) is 2.19. The van der Waals surface area contributed by atoms with Gasteiger partial charge in [0.2, 0.25) is 5.91 Å². The normalized spacial score (nSPS) is 17.9. The van der Waals surface area contributed by atoms with Crippen LogP contribution in [-0.2, 0) is 4.79 Å². The number of nitriles is 1. The second-order valence-corrected chi connectivity index (χ2v) is 7.44. The molecule has 0 unspecified atom stereocenters. The number of pyridine rings is 1. The van der Waals surface area contributed by atoms with E-state index in [2.05, 4.69) is 21.3 Å². The average molecular weight is 415 g/mol. The number of anilines is 1. The molecular weight excluding hydrogens is 394 g/mol. The monoisotopic (exact) mass is 415 g/mol. The zero-order valence-corrected chi connectivity index (χ0v) is 17.2. The molecule has 1 aromatic carbocycles. The third-order valence-corrected chi connectivity index (χ3v) is 5.41. The first-order chi connectivity index (χ1) is 15.0. The van der Waals surface area contributed by atoms with Crippen LogP contribution in [0.1, 0.15) is 36.2 Å². The number of carbonyl (C=O) groups excluding carboxylic acids is 2. The van der Waals surface area contributed by atoms with Crippen LogP contribution in [0.2, 0.25) is 0 Å². The number of hydrogen-bond acceptors (Lipinski definition) is 6. The average Bonchev–Trinajstić information content (AvgIpc) is 3.43. The topological polar surface area (TPSA) is 108 Å². The van der Waals surface area contributed by atoms with Crippen molar-refractivity contribution < 1.29 is 9.59 Å². The molecule has 1 aliphatic heterocycles. The number of hydrogen-bond donors (Lipinski definition) is 0. The molecule has 1 aliphatic rings. The molecule has 1 saturated heterocycles. The summed E-state index contributed by atoms with van der Waals surface area (Å²) in [7, 11) is 0. The highest BCUT2D eigenvalue weighted by Gasteiger charge is 2.38. The fourth-order valence-corrected chi connectivity index (χ4v) is 4.02. The van der Waals surface area contributed by atoms with E-state index in [9.17, 15) is 14.9 Å². The summed E-state index contributed by atoms with van der Waals surface area (Å²) < 4.78 is 0. The second kappa shape index (κ2) is 8.36. The zero-order chi connectivity index (χ0) is 22.0. The van der Waals surface area contributed by atoms with Gasteiger partial charge in [0.05, 0.1) is 41.3 Å². The number of benzene rings is 1. The van der Waals surface area contributed by atoms with E-state index in [-0.39, 0.29) is 23.9 Å². The number of nitrogens with zero attached hydrogens (tertiary/aromatic N) is 7. The Morgan fingerprint density at radius 3 is 2.61 bits per heavy atom. The summed E-state index contributed by atoms with van der Waals surface area (Å²) in [5.74, 6) is 0.0829. The highest BCUT2D eigenvalue weighted by molar-refractivity contribution is 5.98. The van der Waals surface area contributed by atoms with Crippen molar-refractivity contribution in [1.82, 2.24) is 24.9 Å². The summed E-state index contributed by atoms with van der Waals surface area (Å²) in [4.78, 5) is 35.0. The standard InChI is InChI=1S/C22H21N7O2/c1-15-11-18(28(16(2)30)21-12-17(13-23)7-8-24-21)14-27(15)22(31)19-5-3-4-6-20(19)29-25-9-10-26-29/h3-10,12,15,18H,11,14H2,1-2H3/t15-,18-/m1/s1. The Hall–Kier alpha value is -4.06. The lowest BCUT2D eigenvalue weighted by Crippen LogP contribution is -2.42. The van der Waals surface area contributed by atoms with Crippen LogP contribution in [-0.4, -0.2) is 55.3 Å². The van der Waals surface area contributed by atoms with Crippen LogP contribution in [0, 0.1) is 11.3 Å². The SMILES string of the molecule is CC(=O)N(c1cc(C#N)ccn1)[C@@H]1C[C@@H](C)N(C(=O)c2ccccc2-n2nccn2)C1. The van der Waals surface area contributed by atoms with Crippen molar-refractivity contribution >= 4 is 17.6 Å². The van der Waals surface area contributed by atoms with E-state index in [4.69, 9.17) is 0 Å². The molecule has 0 spiro atoms. The second-order valence-electron chi connectivity index (χ2n) is 7.44. The maximum atomic E-state index is 13.4. The Kier molecular flexibility index (Phi) is 5.45. The largest absolute Gasteiger partial charge is 0.334 e. The van der Waals surface area contributed by atoms with Gasteiger partial charge in [-0.3, -0.25) is 14.5 Å². The van der Waals surface area contributed by atoms with E-state index < -0.39 is 0 Å². The summed E-state index contributed by atoms with van der Waals surface area (Å²) in [6.07, 6.45) is 5.23. The van der Waals surface area contributed by atoms with Gasteiger partial charge in [0.25, 0.3) is 5.91 Å². The Morgan fingerprint density at radius 2 is 1.90 bits per heavy atom. The summed E-state index contributed by atoms with van der Waals surface area (Å²) in [5, 5.41) is 17.5. The van der Waals surface area contributed by atoms with Crippen molar-refractivity contribution in [3.05, 3.63) is 66.1 Å². The van der Waals surface area contributed by atoms with Gasteiger partial charge in [-0.15, -0.1) is 0 Å². The van der Waals surface area contributed by atoms with E-state index in [0.717, 1.165) is 0 Å². The summed E-state index contributed by atoms with van der Waals surface area (Å²) in [6, 6.07) is 12.1. The first-order valence-corrected chi connectivity index (χ1v) is 9.92. The summed E-state index contributed by atoms with van der Waals surface area (Å²) in [6.45, 7) is 3.79. The van der Waals surface area contributed by atoms with E-state index in [1.807, 2.05) is 13.0 Å². The van der Waals surface area contributed by atoms with Gasteiger partial charge in [0, 0.05) is 25.7 Å². The van der Waals surface area contributed by atoms with Gasteiger partial charge in [-0.25, -0.2) is 4.98 Å². The van der Waals surface area contributed by atoms with Crippen molar-refractivity contribution in [3.8, 4) is 11.8 Å². The smallest absolute Gasteiger partial charge is 0.256 e. The first-order valence-electron chi connectivity index (χ1n) is 9.92. The van der Waals surface area contributed by atoms with E-state index in [1.54, 1.807) is 52.5 Å². The number of aromatic nitrogens is 4. The number of amides is 2. The quantitative estimate of drug-likeness (QED) is 0.646. The Morgan fingerprint density at radius 1 is 1.16 bits per heavy atom. The molecular formula is C22H21N7O2. The molecule has 9 heteroatoms. The van der Waals surface area contributed by atoms with Crippen molar-refractivity contribution in [2.75, 3.05) is 11.4 Å². The molecule has 4 rings (SSSR count). The molecule has 2 amide bonds. The highest BCUT2D eigenvalue weighted by atomic mass is 16.2. The summed E-state index contributed by atoms with van der Waals surface area (Å²) in [5.41, 5.74) is 1.51. The Bertz CT molecular complexity index is 1150. The molecule has 2 aromatic heterocycles. The van der Waals surface area contributed by atoms with Gasteiger partial charge < -0.3 is 4.90 Å². The molecule has 31 heavy (non-hydrogen) atoms. The minimum atomic E-state index is -0.243. The minimum absolute atomic E-state index is 0.0860. The maximum Gasteiger partial charge on any atom is 0.256 e. The van der Waals surface area contributed by atoms with Gasteiger partial charge in [-0.05, 0) is 37.6 Å². The Labute approximate surface area is 179 Å². The minimum Gasteiger partial charge on any atom is -0.334 e. The van der Waals surface area contributed by atoms with Crippen LogP contribution in [0.25, 0.3) is 5.69 Å². The van der Waals surface area contributed by atoms with E-state index in [0.29, 0.717) is 35.6 Å². The molecule has 0 N–H and O–H groups in total. The zero-order valence-electron chi connectivity index (χ0n) is 17.2. The van der Waals surface area contributed by atoms with Crippen LogP contribution >= 0.6 is 0 Å². The molecule has 0 aliphatic carbocycles. The van der Waals surface area contributed by atoms with Gasteiger partial charge in [-0.2, -0.15) is 20.3 Å². The lowest BCUT2D eigenvalue weighted by atomic mass is 10.1. The van der Waals surface area contributed by atoms with Gasteiger partial charge in [-0.1, -0.05) is 12.1 Å². The molecule has 9 nitrogen and oxygen atoms in total. The van der Waals surface area contributed by atoms with Crippen LogP contribution in [0.3, 0.4) is 0 Å². The van der Waals surface area contributed by atoms with E-state index in [1.165, 1.54) is 17.9 Å². The molecule has 1 fully saturated rings. The lowest BCUT2D eigenvalue weighted by molar-refractivity contribution is -0.117. The van der Waals surface area contributed by atoms with Crippen molar-refractivity contribution in [3.63, 3.8) is 0 Å². The number of carbonyl (C=O) groups is 2. The summed E-state index contributed by atoms with van der Waals surface area (Å²) >= 11 is 0. The fourth-order valence-electron chi connectivity index (χ4n) is 4.02. The third-order valence-electron chi connectivity index (χ3n) is 5.41. The third kappa shape index (κ3) is 3.88. The number of rotatable bonds is 4. The van der Waals surface area contributed by atoms with Crippen LogP contribution in [0.5, 0.6) is 0 Å². The molecule has 3 heterocycles. The van der Waals surface area contributed by atoms with Crippen LogP contribution in [0.4, 0.5) is 5.82 Å². The molecule has 3 aromatic rings. The predicted molar refractivity (Wildman–Crippen MR) is 112 cm³/mol. The molecule has 156 valence electrons. The van der Waals surface area contributed by atoms with Gasteiger partial charge in [0.1, 0.15) is 5.82 Å². The van der Waals surface area contributed by atoms with Gasteiger partial charge in [0.15, 0.2) is 0 Å². The molecule has 0 bridgehead atoms. The van der Waals surface area contributed by atoms with E-state index >= 15 is 0 Å². The molecule has 0 saturated carbocycles. The number of para-hydroxylation sites is 1. The van der Waals surface area contributed by atoms with Crippen molar-refractivity contribution in [2.24, 2.45) is 0 Å². The molecule has 0 radical (unpaired) electrons. The van der Waals surface area contributed by atoms with Crippen LogP contribution < -0.4 is 4.90 Å². The first kappa shape index (κ1) is 20.2. The maximum absolute atomic E-state index is 13.4.